The minimum atomic E-state index is 0.223. The highest BCUT2D eigenvalue weighted by molar-refractivity contribution is 5.14. The molecule has 2 N–H and O–H groups in total. The van der Waals surface area contributed by atoms with E-state index in [1.807, 2.05) is 0 Å². The van der Waals surface area contributed by atoms with Crippen LogP contribution < -0.4 is 5.73 Å². The second kappa shape index (κ2) is 7.43. The zero-order valence-corrected chi connectivity index (χ0v) is 11.3. The van der Waals surface area contributed by atoms with Crippen LogP contribution in [0.15, 0.2) is 30.3 Å². The quantitative estimate of drug-likeness (QED) is 0.775. The molecule has 1 aromatic rings. The Balaban J connectivity index is 2.51. The molecule has 0 radical (unpaired) electrons. The van der Waals surface area contributed by atoms with Crippen molar-refractivity contribution in [3.8, 4) is 0 Å². The normalized spacial score (nSPS) is 13.3. The molecule has 1 aromatic carbocycles. The maximum atomic E-state index is 5.90. The van der Waals surface area contributed by atoms with E-state index in [1.165, 1.54) is 5.56 Å². The lowest BCUT2D eigenvalue weighted by Gasteiger charge is -2.25. The summed E-state index contributed by atoms with van der Waals surface area (Å²) >= 11 is 0. The third kappa shape index (κ3) is 6.41. The Labute approximate surface area is 105 Å². The largest absolute Gasteiger partial charge is 0.327 e. The molecule has 96 valence electrons. The Morgan fingerprint density at radius 1 is 1.12 bits per heavy atom. The summed E-state index contributed by atoms with van der Waals surface area (Å²) in [6, 6.07) is 10.8. The average Bonchev–Trinajstić information content (AvgIpc) is 2.26. The fourth-order valence-corrected chi connectivity index (χ4v) is 1.83. The van der Waals surface area contributed by atoms with E-state index in [-0.39, 0.29) is 6.04 Å². The van der Waals surface area contributed by atoms with Gasteiger partial charge in [0.05, 0.1) is 0 Å². The second-order valence-electron chi connectivity index (χ2n) is 5.00. The number of nitrogens with zero attached hydrogens (tertiary/aromatic N) is 2. The van der Waals surface area contributed by atoms with E-state index in [1.54, 1.807) is 0 Å². The van der Waals surface area contributed by atoms with Crippen LogP contribution in [0.3, 0.4) is 0 Å². The van der Waals surface area contributed by atoms with Crippen molar-refractivity contribution in [2.75, 3.05) is 33.7 Å². The third-order valence-electron chi connectivity index (χ3n) is 2.66. The Hall–Kier alpha value is -0.900. The monoisotopic (exact) mass is 235 g/mol. The van der Waals surface area contributed by atoms with E-state index in [2.05, 4.69) is 61.2 Å². The molecule has 0 fully saturated rings. The van der Waals surface area contributed by atoms with Gasteiger partial charge in [-0.25, -0.2) is 0 Å². The van der Waals surface area contributed by atoms with Crippen LogP contribution in [0.25, 0.3) is 0 Å². The molecular formula is C14H25N3. The summed E-state index contributed by atoms with van der Waals surface area (Å²) in [5, 5.41) is 0. The molecule has 3 heteroatoms. The van der Waals surface area contributed by atoms with Crippen LogP contribution in [0.5, 0.6) is 0 Å². The molecular weight excluding hydrogens is 210 g/mol. The van der Waals surface area contributed by atoms with Crippen molar-refractivity contribution in [2.45, 2.75) is 19.5 Å². The van der Waals surface area contributed by atoms with Crippen molar-refractivity contribution in [1.82, 2.24) is 9.80 Å². The minimum Gasteiger partial charge on any atom is -0.327 e. The molecule has 0 heterocycles. The Morgan fingerprint density at radius 3 is 2.29 bits per heavy atom. The number of nitrogens with two attached hydrogens (primary N) is 1. The smallest absolute Gasteiger partial charge is 0.0234 e. The van der Waals surface area contributed by atoms with Crippen molar-refractivity contribution >= 4 is 0 Å². The molecule has 1 unspecified atom stereocenters. The summed E-state index contributed by atoms with van der Waals surface area (Å²) in [5.74, 6) is 0. The lowest BCUT2D eigenvalue weighted by Crippen LogP contribution is -2.38. The van der Waals surface area contributed by atoms with Gasteiger partial charge in [0.1, 0.15) is 0 Å². The molecule has 0 bridgehead atoms. The molecule has 0 aliphatic heterocycles. The molecule has 17 heavy (non-hydrogen) atoms. The maximum Gasteiger partial charge on any atom is 0.0234 e. The average molecular weight is 235 g/mol. The number of hydrogen-bond acceptors (Lipinski definition) is 3. The van der Waals surface area contributed by atoms with Gasteiger partial charge in [-0.3, -0.25) is 4.90 Å². The Morgan fingerprint density at radius 2 is 1.76 bits per heavy atom. The standard InChI is InChI=1S/C14H25N3/c1-13(15)11-17(10-9-16(2)3)12-14-7-5-4-6-8-14/h4-8,13H,9-12,15H2,1-3H3. The summed E-state index contributed by atoms with van der Waals surface area (Å²) in [6.07, 6.45) is 0. The van der Waals surface area contributed by atoms with Gasteiger partial charge >= 0.3 is 0 Å². The van der Waals surface area contributed by atoms with E-state index in [0.29, 0.717) is 0 Å². The van der Waals surface area contributed by atoms with Gasteiger partial charge in [-0.1, -0.05) is 30.3 Å². The zero-order chi connectivity index (χ0) is 12.7. The second-order valence-corrected chi connectivity index (χ2v) is 5.00. The molecule has 0 aromatic heterocycles. The molecule has 1 atom stereocenters. The van der Waals surface area contributed by atoms with Crippen molar-refractivity contribution in [3.05, 3.63) is 35.9 Å². The molecule has 1 rings (SSSR count). The molecule has 0 spiro atoms. The van der Waals surface area contributed by atoms with E-state index >= 15 is 0 Å². The lowest BCUT2D eigenvalue weighted by atomic mass is 10.2. The molecule has 0 aliphatic rings. The number of benzene rings is 1. The number of rotatable bonds is 7. The highest BCUT2D eigenvalue weighted by Crippen LogP contribution is 2.04. The minimum absolute atomic E-state index is 0.223. The van der Waals surface area contributed by atoms with Crippen LogP contribution in [0, 0.1) is 0 Å². The zero-order valence-electron chi connectivity index (χ0n) is 11.3. The van der Waals surface area contributed by atoms with E-state index in [0.717, 1.165) is 26.2 Å². The molecule has 3 nitrogen and oxygen atoms in total. The van der Waals surface area contributed by atoms with Crippen LogP contribution in [0.4, 0.5) is 0 Å². The van der Waals surface area contributed by atoms with Gasteiger partial charge in [-0.2, -0.15) is 0 Å². The summed E-state index contributed by atoms with van der Waals surface area (Å²) < 4.78 is 0. The van der Waals surface area contributed by atoms with Crippen molar-refractivity contribution in [1.29, 1.82) is 0 Å². The first-order valence-electron chi connectivity index (χ1n) is 6.24. The Bertz CT molecular complexity index is 296. The predicted octanol–water partition coefficient (Wildman–Crippen LogP) is 1.40. The van der Waals surface area contributed by atoms with Crippen molar-refractivity contribution in [2.24, 2.45) is 5.73 Å². The van der Waals surface area contributed by atoms with Crippen molar-refractivity contribution < 1.29 is 0 Å². The van der Waals surface area contributed by atoms with E-state index in [9.17, 15) is 0 Å². The van der Waals surface area contributed by atoms with Gasteiger partial charge in [-0.05, 0) is 26.6 Å². The maximum absolute atomic E-state index is 5.90. The summed E-state index contributed by atoms with van der Waals surface area (Å²) in [6.45, 7) is 6.12. The van der Waals surface area contributed by atoms with Gasteiger partial charge in [0.2, 0.25) is 0 Å². The van der Waals surface area contributed by atoms with Gasteiger partial charge in [-0.15, -0.1) is 0 Å². The van der Waals surface area contributed by atoms with Crippen LogP contribution in [-0.4, -0.2) is 49.6 Å². The topological polar surface area (TPSA) is 32.5 Å². The van der Waals surface area contributed by atoms with Crippen LogP contribution in [0.2, 0.25) is 0 Å². The van der Waals surface area contributed by atoms with Gasteiger partial charge in [0.25, 0.3) is 0 Å². The summed E-state index contributed by atoms with van der Waals surface area (Å²) in [5.41, 5.74) is 7.25. The van der Waals surface area contributed by atoms with E-state index in [4.69, 9.17) is 5.73 Å². The highest BCUT2D eigenvalue weighted by atomic mass is 15.2. The lowest BCUT2D eigenvalue weighted by molar-refractivity contribution is 0.224. The van der Waals surface area contributed by atoms with Crippen LogP contribution in [0.1, 0.15) is 12.5 Å². The first kappa shape index (κ1) is 14.2. The van der Waals surface area contributed by atoms with E-state index < -0.39 is 0 Å². The van der Waals surface area contributed by atoms with Crippen LogP contribution >= 0.6 is 0 Å². The predicted molar refractivity (Wildman–Crippen MR) is 73.9 cm³/mol. The molecule has 0 amide bonds. The number of hydrogen-bond donors (Lipinski definition) is 1. The molecule has 0 saturated carbocycles. The fourth-order valence-electron chi connectivity index (χ4n) is 1.83. The fraction of sp³-hybridized carbons (Fsp3) is 0.571. The first-order valence-corrected chi connectivity index (χ1v) is 6.24. The number of likely N-dealkylation sites (N-methyl/N-ethyl adjacent to an activating group) is 1. The molecule has 0 saturated heterocycles. The van der Waals surface area contributed by atoms with Gasteiger partial charge in [0.15, 0.2) is 0 Å². The summed E-state index contributed by atoms with van der Waals surface area (Å²) in [4.78, 5) is 4.62. The first-order chi connectivity index (χ1) is 8.08. The highest BCUT2D eigenvalue weighted by Gasteiger charge is 2.08. The SMILES string of the molecule is CC(N)CN(CCN(C)C)Cc1ccccc1. The van der Waals surface area contributed by atoms with Crippen LogP contribution in [-0.2, 0) is 6.54 Å². The molecule has 0 aliphatic carbocycles. The third-order valence-corrected chi connectivity index (χ3v) is 2.66. The van der Waals surface area contributed by atoms with Gasteiger partial charge < -0.3 is 10.6 Å². The van der Waals surface area contributed by atoms with Gasteiger partial charge in [0, 0.05) is 32.2 Å². The van der Waals surface area contributed by atoms with Crippen molar-refractivity contribution in [3.63, 3.8) is 0 Å². The Kier molecular flexibility index (Phi) is 6.19. The summed E-state index contributed by atoms with van der Waals surface area (Å²) in [7, 11) is 4.21.